The van der Waals surface area contributed by atoms with Crippen LogP contribution in [0, 0.1) is 11.3 Å². The first-order chi connectivity index (χ1) is 7.46. The van der Waals surface area contributed by atoms with Crippen LogP contribution < -0.4 is 0 Å². The molecule has 1 aliphatic carbocycles. The molecule has 1 rings (SSSR count). The first kappa shape index (κ1) is 12.9. The molecule has 1 saturated carbocycles. The standard InChI is InChI=1S/C10H14F2O4/c1-2-3-4-16-9(15)10(8(13)14)5-6(10)7(11)12/h6-7H,2-5H2,1H3,(H,13,14)/t6?,10-/m0/s1. The fraction of sp³-hybridized carbons (Fsp3) is 0.800. The number of hydrogen-bond acceptors (Lipinski definition) is 3. The number of aliphatic carboxylic acids is 1. The Kier molecular flexibility index (Phi) is 3.83. The smallest absolute Gasteiger partial charge is 0.324 e. The Hall–Kier alpha value is -1.20. The zero-order valence-corrected chi connectivity index (χ0v) is 8.91. The van der Waals surface area contributed by atoms with Crippen molar-refractivity contribution in [2.24, 2.45) is 11.3 Å². The maximum Gasteiger partial charge on any atom is 0.324 e. The van der Waals surface area contributed by atoms with Crippen molar-refractivity contribution >= 4 is 11.9 Å². The minimum atomic E-state index is -2.80. The van der Waals surface area contributed by atoms with Crippen molar-refractivity contribution in [2.75, 3.05) is 6.61 Å². The molecule has 4 nitrogen and oxygen atoms in total. The Morgan fingerprint density at radius 3 is 2.56 bits per heavy atom. The summed E-state index contributed by atoms with van der Waals surface area (Å²) in [5.74, 6) is -3.95. The molecule has 16 heavy (non-hydrogen) atoms. The van der Waals surface area contributed by atoms with Crippen LogP contribution in [0.4, 0.5) is 8.78 Å². The number of carboxylic acid groups (broad SMARTS) is 1. The van der Waals surface area contributed by atoms with Crippen LogP contribution >= 0.6 is 0 Å². The molecular formula is C10H14F2O4. The van der Waals surface area contributed by atoms with Gasteiger partial charge in [-0.1, -0.05) is 13.3 Å². The molecule has 6 heteroatoms. The van der Waals surface area contributed by atoms with Crippen LogP contribution in [0.1, 0.15) is 26.2 Å². The van der Waals surface area contributed by atoms with Gasteiger partial charge in [-0.2, -0.15) is 0 Å². The summed E-state index contributed by atoms with van der Waals surface area (Å²) in [5, 5.41) is 8.82. The zero-order chi connectivity index (χ0) is 12.3. The highest BCUT2D eigenvalue weighted by molar-refractivity contribution is 6.03. The van der Waals surface area contributed by atoms with Gasteiger partial charge in [0.2, 0.25) is 6.43 Å². The monoisotopic (exact) mass is 236 g/mol. The van der Waals surface area contributed by atoms with Gasteiger partial charge in [0.25, 0.3) is 0 Å². The van der Waals surface area contributed by atoms with Gasteiger partial charge in [-0.3, -0.25) is 9.59 Å². The second-order valence-electron chi connectivity index (χ2n) is 3.91. The Bertz CT molecular complexity index is 293. The average molecular weight is 236 g/mol. The summed E-state index contributed by atoms with van der Waals surface area (Å²) in [6.45, 7) is 1.96. The summed E-state index contributed by atoms with van der Waals surface area (Å²) in [5.41, 5.74) is -2.00. The molecule has 0 aromatic rings. The van der Waals surface area contributed by atoms with Gasteiger partial charge in [-0.15, -0.1) is 0 Å². The quantitative estimate of drug-likeness (QED) is 0.433. The number of rotatable bonds is 6. The van der Waals surface area contributed by atoms with Crippen molar-refractivity contribution in [3.63, 3.8) is 0 Å². The lowest BCUT2D eigenvalue weighted by Gasteiger charge is -2.11. The lowest BCUT2D eigenvalue weighted by atomic mass is 10.0. The third kappa shape index (κ3) is 2.15. The van der Waals surface area contributed by atoms with Gasteiger partial charge in [0.05, 0.1) is 6.61 Å². The molecule has 92 valence electrons. The molecule has 2 atom stereocenters. The van der Waals surface area contributed by atoms with Crippen molar-refractivity contribution in [1.29, 1.82) is 0 Å². The molecule has 0 heterocycles. The minimum Gasteiger partial charge on any atom is -0.480 e. The van der Waals surface area contributed by atoms with E-state index in [2.05, 4.69) is 0 Å². The third-order valence-corrected chi connectivity index (χ3v) is 2.80. The van der Waals surface area contributed by atoms with Gasteiger partial charge in [0.15, 0.2) is 5.41 Å². The highest BCUT2D eigenvalue weighted by Crippen LogP contribution is 2.56. The lowest BCUT2D eigenvalue weighted by Crippen LogP contribution is -2.31. The van der Waals surface area contributed by atoms with E-state index in [1.54, 1.807) is 0 Å². The van der Waals surface area contributed by atoms with Crippen LogP contribution in [-0.4, -0.2) is 30.1 Å². The molecule has 0 saturated heterocycles. The van der Waals surface area contributed by atoms with E-state index in [9.17, 15) is 18.4 Å². The van der Waals surface area contributed by atoms with Crippen molar-refractivity contribution < 1.29 is 28.2 Å². The predicted octanol–water partition coefficient (Wildman–Crippen LogP) is 1.69. The lowest BCUT2D eigenvalue weighted by molar-refractivity contribution is -0.163. The Balaban J connectivity index is 2.60. The van der Waals surface area contributed by atoms with Gasteiger partial charge >= 0.3 is 11.9 Å². The molecule has 0 radical (unpaired) electrons. The van der Waals surface area contributed by atoms with E-state index in [-0.39, 0.29) is 13.0 Å². The van der Waals surface area contributed by atoms with Crippen molar-refractivity contribution in [2.45, 2.75) is 32.6 Å². The molecule has 0 amide bonds. The summed E-state index contributed by atoms with van der Waals surface area (Å²) in [6.07, 6.45) is -1.74. The number of carbonyl (C=O) groups is 2. The van der Waals surface area contributed by atoms with E-state index >= 15 is 0 Å². The van der Waals surface area contributed by atoms with Gasteiger partial charge in [0.1, 0.15) is 0 Å². The highest BCUT2D eigenvalue weighted by Gasteiger charge is 2.71. The molecule has 0 spiro atoms. The zero-order valence-electron chi connectivity index (χ0n) is 8.91. The van der Waals surface area contributed by atoms with E-state index in [4.69, 9.17) is 9.84 Å². The summed E-state index contributed by atoms with van der Waals surface area (Å²) in [6, 6.07) is 0. The van der Waals surface area contributed by atoms with E-state index in [0.29, 0.717) is 6.42 Å². The molecule has 0 aromatic carbocycles. The number of unbranched alkanes of at least 4 members (excludes halogenated alkanes) is 1. The van der Waals surface area contributed by atoms with Crippen molar-refractivity contribution in [3.05, 3.63) is 0 Å². The van der Waals surface area contributed by atoms with Crippen LogP contribution in [0.25, 0.3) is 0 Å². The molecule has 1 aliphatic rings. The summed E-state index contributed by atoms with van der Waals surface area (Å²) >= 11 is 0. The second-order valence-corrected chi connectivity index (χ2v) is 3.91. The maximum absolute atomic E-state index is 12.4. The molecule has 0 aliphatic heterocycles. The molecule has 0 aromatic heterocycles. The topological polar surface area (TPSA) is 63.6 Å². The minimum absolute atomic E-state index is 0.0837. The largest absolute Gasteiger partial charge is 0.480 e. The SMILES string of the molecule is CCCCOC(=O)[C@@]1(C(=O)O)CC1C(F)F. The molecule has 1 fully saturated rings. The first-order valence-corrected chi connectivity index (χ1v) is 5.15. The molecule has 1 unspecified atom stereocenters. The van der Waals surface area contributed by atoms with E-state index in [0.717, 1.165) is 6.42 Å². The normalized spacial score (nSPS) is 27.9. The number of halogens is 2. The number of esters is 1. The summed E-state index contributed by atoms with van der Waals surface area (Å²) < 4.78 is 29.4. The van der Waals surface area contributed by atoms with Gasteiger partial charge in [-0.05, 0) is 12.8 Å². The van der Waals surface area contributed by atoms with Crippen LogP contribution in [-0.2, 0) is 14.3 Å². The van der Waals surface area contributed by atoms with Crippen LogP contribution in [0.2, 0.25) is 0 Å². The van der Waals surface area contributed by atoms with Gasteiger partial charge in [-0.25, -0.2) is 8.78 Å². The number of carbonyl (C=O) groups excluding carboxylic acids is 1. The maximum atomic E-state index is 12.4. The van der Waals surface area contributed by atoms with Crippen molar-refractivity contribution in [1.82, 2.24) is 0 Å². The van der Waals surface area contributed by atoms with Crippen molar-refractivity contribution in [3.8, 4) is 0 Å². The van der Waals surface area contributed by atoms with Crippen LogP contribution in [0.15, 0.2) is 0 Å². The highest BCUT2D eigenvalue weighted by atomic mass is 19.3. The van der Waals surface area contributed by atoms with Crippen LogP contribution in [0.3, 0.4) is 0 Å². The number of carboxylic acids is 1. The summed E-state index contributed by atoms with van der Waals surface area (Å²) in [4.78, 5) is 22.3. The van der Waals surface area contributed by atoms with E-state index in [1.165, 1.54) is 0 Å². The predicted molar refractivity (Wildman–Crippen MR) is 50.0 cm³/mol. The molecular weight excluding hydrogens is 222 g/mol. The van der Waals surface area contributed by atoms with Gasteiger partial charge in [0, 0.05) is 5.92 Å². The fourth-order valence-corrected chi connectivity index (χ4v) is 1.60. The third-order valence-electron chi connectivity index (χ3n) is 2.80. The fourth-order valence-electron chi connectivity index (χ4n) is 1.60. The van der Waals surface area contributed by atoms with Crippen LogP contribution in [0.5, 0.6) is 0 Å². The average Bonchev–Trinajstić information content (AvgIpc) is 2.94. The first-order valence-electron chi connectivity index (χ1n) is 5.15. The summed E-state index contributed by atoms with van der Waals surface area (Å²) in [7, 11) is 0. The molecule has 1 N–H and O–H groups in total. The second kappa shape index (κ2) is 4.76. The molecule has 0 bridgehead atoms. The number of alkyl halides is 2. The Morgan fingerprint density at radius 2 is 2.19 bits per heavy atom. The number of ether oxygens (including phenoxy) is 1. The Morgan fingerprint density at radius 1 is 1.56 bits per heavy atom. The Labute approximate surface area is 91.6 Å². The van der Waals surface area contributed by atoms with E-state index < -0.39 is 29.7 Å². The van der Waals surface area contributed by atoms with E-state index in [1.807, 2.05) is 6.92 Å². The van der Waals surface area contributed by atoms with Gasteiger partial charge < -0.3 is 9.84 Å². The number of hydrogen-bond donors (Lipinski definition) is 1.